The van der Waals surface area contributed by atoms with Crippen LogP contribution >= 0.6 is 0 Å². The minimum Gasteiger partial charge on any atom is -0.390 e. The average molecular weight is 577 g/mol. The van der Waals surface area contributed by atoms with Gasteiger partial charge in [-0.15, -0.1) is 0 Å². The van der Waals surface area contributed by atoms with Gasteiger partial charge in [-0.2, -0.15) is 0 Å². The van der Waals surface area contributed by atoms with Crippen molar-refractivity contribution >= 4 is 17.7 Å². The molecule has 0 fully saturated rings. The first-order chi connectivity index (χ1) is 19.5. The predicted molar refractivity (Wildman–Crippen MR) is 151 cm³/mol. The highest BCUT2D eigenvalue weighted by molar-refractivity contribution is 5.97. The van der Waals surface area contributed by atoms with Gasteiger partial charge in [-0.25, -0.2) is 8.78 Å². The lowest BCUT2D eigenvalue weighted by atomic mass is 9.95. The van der Waals surface area contributed by atoms with Gasteiger partial charge in [0.2, 0.25) is 11.8 Å². The smallest absolute Gasteiger partial charge is 0.253 e. The van der Waals surface area contributed by atoms with E-state index in [1.165, 1.54) is 12.4 Å². The Balaban J connectivity index is 2.25. The third kappa shape index (κ3) is 12.3. The Bertz CT molecular complexity index is 1100. The Morgan fingerprint density at radius 3 is 2.32 bits per heavy atom. The van der Waals surface area contributed by atoms with Crippen LogP contribution in [0.5, 0.6) is 0 Å². The number of aliphatic hydroxyl groups is 2. The van der Waals surface area contributed by atoms with E-state index in [-0.39, 0.29) is 23.5 Å². The lowest BCUT2D eigenvalue weighted by Crippen LogP contribution is -2.55. The summed E-state index contributed by atoms with van der Waals surface area (Å²) < 4.78 is 27.8. The lowest BCUT2D eigenvalue weighted by Gasteiger charge is -2.30. The molecule has 4 atom stereocenters. The lowest BCUT2D eigenvalue weighted by molar-refractivity contribution is -0.127. The zero-order chi connectivity index (χ0) is 30.4. The molecular weight excluding hydrogens is 534 g/mol. The van der Waals surface area contributed by atoms with Crippen molar-refractivity contribution in [2.45, 2.75) is 90.0 Å². The molecule has 1 aromatic heterocycles. The van der Waals surface area contributed by atoms with E-state index in [0.29, 0.717) is 25.5 Å². The van der Waals surface area contributed by atoms with Crippen LogP contribution in [-0.4, -0.2) is 63.8 Å². The van der Waals surface area contributed by atoms with Crippen LogP contribution in [0.1, 0.15) is 75.2 Å². The Hall–Kier alpha value is -3.44. The number of aromatic nitrogens is 1. The molecule has 1 heterocycles. The molecule has 41 heavy (non-hydrogen) atoms. The maximum absolute atomic E-state index is 13.9. The van der Waals surface area contributed by atoms with Gasteiger partial charge in [0, 0.05) is 25.0 Å². The minimum atomic E-state index is -1.66. The molecule has 0 bridgehead atoms. The predicted octanol–water partition coefficient (Wildman–Crippen LogP) is 3.04. The molecule has 2 aromatic rings. The monoisotopic (exact) mass is 576 g/mol. The first kappa shape index (κ1) is 33.8. The van der Waals surface area contributed by atoms with E-state index in [2.05, 4.69) is 20.9 Å². The van der Waals surface area contributed by atoms with E-state index >= 15 is 0 Å². The highest BCUT2D eigenvalue weighted by atomic mass is 19.1. The van der Waals surface area contributed by atoms with Gasteiger partial charge in [-0.1, -0.05) is 46.5 Å². The molecule has 5 N–H and O–H groups in total. The van der Waals surface area contributed by atoms with Crippen LogP contribution in [0, 0.1) is 17.6 Å². The maximum atomic E-state index is 13.9. The normalized spacial score (nSPS) is 14.1. The zero-order valence-electron chi connectivity index (χ0n) is 23.9. The van der Waals surface area contributed by atoms with Gasteiger partial charge in [-0.3, -0.25) is 19.4 Å². The largest absolute Gasteiger partial charge is 0.390 e. The van der Waals surface area contributed by atoms with E-state index in [1.807, 2.05) is 20.8 Å². The van der Waals surface area contributed by atoms with Crippen molar-refractivity contribution in [1.29, 1.82) is 0 Å². The van der Waals surface area contributed by atoms with Crippen LogP contribution in [0.2, 0.25) is 0 Å². The fourth-order valence-corrected chi connectivity index (χ4v) is 4.27. The SMILES string of the molecule is CCCCCCC(NC(=O)c1cccnc1)C(=O)N[C@@H](Cc1cc(F)cc(F)c1)[C@@H](O)[C@H](O)CC(=O)NCC(C)C. The number of nitrogens with zero attached hydrogens (tertiary/aromatic N) is 1. The molecule has 0 radical (unpaired) electrons. The molecule has 0 aliphatic heterocycles. The van der Waals surface area contributed by atoms with Crippen LogP contribution < -0.4 is 16.0 Å². The van der Waals surface area contributed by atoms with Crippen molar-refractivity contribution in [3.63, 3.8) is 0 Å². The van der Waals surface area contributed by atoms with E-state index in [4.69, 9.17) is 0 Å². The van der Waals surface area contributed by atoms with Gasteiger partial charge >= 0.3 is 0 Å². The molecule has 9 nitrogen and oxygen atoms in total. The first-order valence-electron chi connectivity index (χ1n) is 14.1. The number of pyridine rings is 1. The number of rotatable bonds is 17. The Morgan fingerprint density at radius 1 is 1.00 bits per heavy atom. The second-order valence-electron chi connectivity index (χ2n) is 10.7. The van der Waals surface area contributed by atoms with Gasteiger partial charge in [0.25, 0.3) is 5.91 Å². The number of aliphatic hydroxyl groups excluding tert-OH is 2. The van der Waals surface area contributed by atoms with Gasteiger partial charge in [0.1, 0.15) is 23.8 Å². The van der Waals surface area contributed by atoms with Gasteiger partial charge in [0.05, 0.1) is 24.1 Å². The summed E-state index contributed by atoms with van der Waals surface area (Å²) in [6.45, 7) is 6.23. The van der Waals surface area contributed by atoms with E-state index in [1.54, 1.807) is 12.1 Å². The van der Waals surface area contributed by atoms with Crippen LogP contribution in [0.25, 0.3) is 0 Å². The summed E-state index contributed by atoms with van der Waals surface area (Å²) in [4.78, 5) is 42.5. The topological polar surface area (TPSA) is 141 Å². The van der Waals surface area contributed by atoms with Crippen LogP contribution in [-0.2, 0) is 16.0 Å². The molecule has 226 valence electrons. The molecule has 0 saturated heterocycles. The van der Waals surface area contributed by atoms with E-state index in [0.717, 1.165) is 31.4 Å². The third-order valence-corrected chi connectivity index (χ3v) is 6.51. The Morgan fingerprint density at radius 2 is 1.71 bits per heavy atom. The minimum absolute atomic E-state index is 0.127. The standard InChI is InChI=1S/C30H42F2N4O5/c1-4-5-6-7-10-24(35-29(40)21-9-8-11-33-18-21)30(41)36-25(14-20-12-22(31)15-23(32)13-20)28(39)26(37)16-27(38)34-17-19(2)3/h8-9,11-13,15,18-19,24-26,28,37,39H,4-7,10,14,16-17H2,1-3H3,(H,34,38)(H,35,40)(H,36,41)/t24?,25-,26+,28+/m0/s1. The summed E-state index contributed by atoms with van der Waals surface area (Å²) in [6.07, 6.45) is 2.64. The van der Waals surface area contributed by atoms with Crippen LogP contribution in [0.3, 0.4) is 0 Å². The quantitative estimate of drug-likeness (QED) is 0.183. The summed E-state index contributed by atoms with van der Waals surface area (Å²) in [5.74, 6) is -3.16. The molecule has 0 aliphatic rings. The van der Waals surface area contributed by atoms with E-state index < -0.39 is 60.1 Å². The molecule has 0 aliphatic carbocycles. The van der Waals surface area contributed by atoms with Crippen LogP contribution in [0.4, 0.5) is 8.78 Å². The van der Waals surface area contributed by atoms with Crippen LogP contribution in [0.15, 0.2) is 42.7 Å². The molecular formula is C30H42F2N4O5. The Labute approximate surface area is 240 Å². The number of carbonyl (C=O) groups excluding carboxylic acids is 3. The molecule has 3 amide bonds. The number of nitrogens with one attached hydrogen (secondary N) is 3. The summed E-state index contributed by atoms with van der Waals surface area (Å²) in [5.41, 5.74) is 0.385. The van der Waals surface area contributed by atoms with Crippen molar-refractivity contribution in [1.82, 2.24) is 20.9 Å². The van der Waals surface area contributed by atoms with Crippen molar-refractivity contribution in [2.24, 2.45) is 5.92 Å². The zero-order valence-corrected chi connectivity index (χ0v) is 23.9. The molecule has 2 rings (SSSR count). The second-order valence-corrected chi connectivity index (χ2v) is 10.7. The summed E-state index contributed by atoms with van der Waals surface area (Å²) >= 11 is 0. The van der Waals surface area contributed by atoms with Crippen molar-refractivity contribution in [3.05, 3.63) is 65.5 Å². The van der Waals surface area contributed by atoms with Gasteiger partial charge in [-0.05, 0) is 48.6 Å². The number of unbranched alkanes of at least 4 members (excludes halogenated alkanes) is 3. The van der Waals surface area contributed by atoms with Crippen molar-refractivity contribution in [3.8, 4) is 0 Å². The van der Waals surface area contributed by atoms with Gasteiger partial charge in [0.15, 0.2) is 0 Å². The number of carbonyl (C=O) groups is 3. The first-order valence-corrected chi connectivity index (χ1v) is 14.1. The fourth-order valence-electron chi connectivity index (χ4n) is 4.27. The molecule has 1 unspecified atom stereocenters. The summed E-state index contributed by atoms with van der Waals surface area (Å²) in [7, 11) is 0. The summed E-state index contributed by atoms with van der Waals surface area (Å²) in [6, 6.07) is 3.73. The number of halogens is 2. The van der Waals surface area contributed by atoms with Crippen molar-refractivity contribution < 1.29 is 33.4 Å². The number of benzene rings is 1. The van der Waals surface area contributed by atoms with E-state index in [9.17, 15) is 33.4 Å². The highest BCUT2D eigenvalue weighted by Gasteiger charge is 2.32. The third-order valence-electron chi connectivity index (χ3n) is 6.51. The Kier molecular flexibility index (Phi) is 14.3. The second kappa shape index (κ2) is 17.4. The van der Waals surface area contributed by atoms with Gasteiger partial charge < -0.3 is 26.2 Å². The number of amides is 3. The fraction of sp³-hybridized carbons (Fsp3) is 0.533. The highest BCUT2D eigenvalue weighted by Crippen LogP contribution is 2.16. The number of hydrogen-bond donors (Lipinski definition) is 5. The molecule has 0 saturated carbocycles. The molecule has 1 aromatic carbocycles. The molecule has 11 heteroatoms. The number of hydrogen-bond acceptors (Lipinski definition) is 6. The average Bonchev–Trinajstić information content (AvgIpc) is 2.92. The molecule has 0 spiro atoms. The summed E-state index contributed by atoms with van der Waals surface area (Å²) in [5, 5.41) is 29.7. The maximum Gasteiger partial charge on any atom is 0.253 e. The van der Waals surface area contributed by atoms with Crippen molar-refractivity contribution in [2.75, 3.05) is 6.54 Å².